The van der Waals surface area contributed by atoms with Crippen LogP contribution < -0.4 is 10.1 Å². The molecule has 1 aliphatic rings. The second-order valence-corrected chi connectivity index (χ2v) is 8.90. The number of nitrogens with zero attached hydrogens (tertiary/aromatic N) is 5. The molecule has 8 nitrogen and oxygen atoms in total. The minimum Gasteiger partial charge on any atom is -0.410 e. The Kier molecular flexibility index (Phi) is 6.59. The van der Waals surface area contributed by atoms with Crippen molar-refractivity contribution in [2.45, 2.75) is 43.9 Å². The lowest BCUT2D eigenvalue weighted by Gasteiger charge is -2.18. The van der Waals surface area contributed by atoms with Crippen molar-refractivity contribution < 1.29 is 40.3 Å². The number of alkyl halides is 6. The van der Waals surface area contributed by atoms with Gasteiger partial charge in [0.15, 0.2) is 11.4 Å². The summed E-state index contributed by atoms with van der Waals surface area (Å²) in [7, 11) is 0.978. The van der Waals surface area contributed by atoms with E-state index in [1.165, 1.54) is 0 Å². The molecule has 0 radical (unpaired) electrons. The van der Waals surface area contributed by atoms with Gasteiger partial charge in [-0.25, -0.2) is 24.7 Å². The first-order chi connectivity index (χ1) is 17.6. The predicted octanol–water partition coefficient (Wildman–Crippen LogP) is 5.55. The summed E-state index contributed by atoms with van der Waals surface area (Å²) in [5, 5.41) is 9.31. The van der Waals surface area contributed by atoms with Crippen molar-refractivity contribution in [1.82, 2.24) is 24.9 Å². The number of ether oxygens (including phenoxy) is 1. The summed E-state index contributed by atoms with van der Waals surface area (Å²) in [4.78, 5) is 16.0. The van der Waals surface area contributed by atoms with Crippen LogP contribution in [0.4, 0.5) is 30.7 Å². The van der Waals surface area contributed by atoms with Gasteiger partial charge < -0.3 is 4.74 Å². The molecule has 1 aliphatic carbocycles. The lowest BCUT2D eigenvalue weighted by molar-refractivity contribution is -0.220. The van der Waals surface area contributed by atoms with Crippen LogP contribution in [0.25, 0.3) is 21.8 Å². The molecule has 2 heterocycles. The van der Waals surface area contributed by atoms with E-state index in [1.807, 2.05) is 0 Å². The summed E-state index contributed by atoms with van der Waals surface area (Å²) >= 11 is 6.01. The lowest BCUT2D eigenvalue weighted by Crippen LogP contribution is -2.35. The standard InChI is InChI=1S/C22H16ClF7N6O2/c1-10(24)22(29,30)38-18-16(21(26,27)28)19(35(3)34-18)36-9-11(8-32-36)12-6-13(14(23)7-15(12)25)17(37)33-20(31-2)4-5-20/h6-10H,4-5H2,1,3H3,(H,33,37). The van der Waals surface area contributed by atoms with Crippen LogP contribution in [0.5, 0.6) is 5.88 Å². The number of aromatic nitrogens is 4. The van der Waals surface area contributed by atoms with Crippen LogP contribution in [0.1, 0.15) is 35.7 Å². The van der Waals surface area contributed by atoms with Gasteiger partial charge in [-0.1, -0.05) is 11.6 Å². The molecular weight excluding hydrogens is 549 g/mol. The summed E-state index contributed by atoms with van der Waals surface area (Å²) in [6.07, 6.45) is -10.1. The summed E-state index contributed by atoms with van der Waals surface area (Å²) < 4.78 is 102. The van der Waals surface area contributed by atoms with Gasteiger partial charge in [-0.05, 0) is 19.1 Å². The SMILES string of the molecule is [C-]#[N+]C1(NC(=O)c2cc(-c3cnn(-c4c(C(F)(F)F)c(OC(F)(F)C(C)F)nn4C)c3)c(F)cc2Cl)CC1. The zero-order valence-corrected chi connectivity index (χ0v) is 20.1. The average Bonchev–Trinajstić information content (AvgIpc) is 3.25. The third kappa shape index (κ3) is 5.00. The number of halogens is 8. The molecule has 3 aromatic rings. The maximum absolute atomic E-state index is 14.8. The van der Waals surface area contributed by atoms with Crippen LogP contribution in [-0.2, 0) is 13.2 Å². The van der Waals surface area contributed by atoms with E-state index in [0.717, 1.165) is 31.6 Å². The van der Waals surface area contributed by atoms with E-state index in [1.54, 1.807) is 0 Å². The summed E-state index contributed by atoms with van der Waals surface area (Å²) in [5.41, 5.74) is -3.42. The number of nitrogens with one attached hydrogen (secondary N) is 1. The van der Waals surface area contributed by atoms with Gasteiger partial charge in [-0.15, -0.1) is 5.10 Å². The molecule has 1 N–H and O–H groups in total. The number of aryl methyl sites for hydroxylation is 1. The number of carbonyl (C=O) groups is 1. The maximum atomic E-state index is 14.8. The van der Waals surface area contributed by atoms with Gasteiger partial charge in [0.25, 0.3) is 11.8 Å². The predicted molar refractivity (Wildman–Crippen MR) is 118 cm³/mol. The van der Waals surface area contributed by atoms with Crippen LogP contribution in [0.2, 0.25) is 5.02 Å². The lowest BCUT2D eigenvalue weighted by atomic mass is 10.0. The van der Waals surface area contributed by atoms with E-state index in [-0.39, 0.29) is 21.7 Å². The highest BCUT2D eigenvalue weighted by atomic mass is 35.5. The summed E-state index contributed by atoms with van der Waals surface area (Å²) in [5.74, 6) is -4.18. The largest absolute Gasteiger partial charge is 0.430 e. The molecule has 0 saturated heterocycles. The van der Waals surface area contributed by atoms with Gasteiger partial charge in [-0.2, -0.15) is 27.1 Å². The highest BCUT2D eigenvalue weighted by Gasteiger charge is 2.52. The minimum absolute atomic E-state index is 0.112. The van der Waals surface area contributed by atoms with E-state index in [4.69, 9.17) is 18.2 Å². The van der Waals surface area contributed by atoms with Crippen molar-refractivity contribution in [3.8, 4) is 22.8 Å². The third-order valence-corrected chi connectivity index (χ3v) is 5.97. The molecule has 38 heavy (non-hydrogen) atoms. The fraction of sp³-hybridized carbons (Fsp3) is 0.364. The number of hydrogen-bond acceptors (Lipinski definition) is 4. The highest BCUT2D eigenvalue weighted by molar-refractivity contribution is 6.34. The van der Waals surface area contributed by atoms with E-state index in [0.29, 0.717) is 29.1 Å². The third-order valence-electron chi connectivity index (χ3n) is 5.66. The molecule has 0 spiro atoms. The topological polar surface area (TPSA) is 78.3 Å². The molecule has 1 fully saturated rings. The molecule has 1 amide bonds. The molecule has 4 rings (SSSR count). The van der Waals surface area contributed by atoms with Crippen LogP contribution in [-0.4, -0.2) is 43.4 Å². The molecule has 1 saturated carbocycles. The smallest absolute Gasteiger partial charge is 0.410 e. The highest BCUT2D eigenvalue weighted by Crippen LogP contribution is 2.42. The molecular formula is C22H16ClF7N6O2. The zero-order valence-electron chi connectivity index (χ0n) is 19.4. The van der Waals surface area contributed by atoms with Crippen LogP contribution in [0.3, 0.4) is 0 Å². The second kappa shape index (κ2) is 9.19. The number of amides is 1. The quantitative estimate of drug-likeness (QED) is 0.301. The van der Waals surface area contributed by atoms with Crippen molar-refractivity contribution in [3.05, 3.63) is 57.9 Å². The Morgan fingerprint density at radius 1 is 1.29 bits per heavy atom. The first-order valence-corrected chi connectivity index (χ1v) is 11.1. The van der Waals surface area contributed by atoms with Crippen LogP contribution >= 0.6 is 11.6 Å². The average molecular weight is 565 g/mol. The van der Waals surface area contributed by atoms with Crippen molar-refractivity contribution >= 4 is 17.5 Å². The Bertz CT molecular complexity index is 1450. The number of rotatable bonds is 7. The van der Waals surface area contributed by atoms with Crippen molar-refractivity contribution in [1.29, 1.82) is 0 Å². The van der Waals surface area contributed by atoms with E-state index < -0.39 is 53.1 Å². The molecule has 1 unspecified atom stereocenters. The molecule has 202 valence electrons. The summed E-state index contributed by atoms with van der Waals surface area (Å²) in [6, 6.07) is 1.86. The van der Waals surface area contributed by atoms with Crippen molar-refractivity contribution in [2.24, 2.45) is 7.05 Å². The van der Waals surface area contributed by atoms with Gasteiger partial charge in [0.1, 0.15) is 5.82 Å². The molecule has 0 bridgehead atoms. The van der Waals surface area contributed by atoms with E-state index >= 15 is 0 Å². The molecule has 0 aliphatic heterocycles. The Morgan fingerprint density at radius 3 is 2.50 bits per heavy atom. The first kappa shape index (κ1) is 27.2. The molecule has 2 aromatic heterocycles. The fourth-order valence-electron chi connectivity index (χ4n) is 3.47. The van der Waals surface area contributed by atoms with E-state index in [9.17, 15) is 35.5 Å². The Hall–Kier alpha value is -3.80. The monoisotopic (exact) mass is 564 g/mol. The Balaban J connectivity index is 1.76. The second-order valence-electron chi connectivity index (χ2n) is 8.49. The van der Waals surface area contributed by atoms with Gasteiger partial charge in [0, 0.05) is 24.4 Å². The number of carbonyl (C=O) groups excluding carboxylic acids is 1. The van der Waals surface area contributed by atoms with Gasteiger partial charge in [-0.3, -0.25) is 15.0 Å². The summed E-state index contributed by atoms with van der Waals surface area (Å²) in [6.45, 7) is 7.57. The zero-order chi connectivity index (χ0) is 28.2. The van der Waals surface area contributed by atoms with Crippen molar-refractivity contribution in [2.75, 3.05) is 0 Å². The van der Waals surface area contributed by atoms with Crippen LogP contribution in [0, 0.1) is 12.4 Å². The maximum Gasteiger partial charge on any atom is 0.430 e. The minimum atomic E-state index is -5.29. The number of benzene rings is 1. The van der Waals surface area contributed by atoms with Crippen LogP contribution in [0.15, 0.2) is 24.5 Å². The van der Waals surface area contributed by atoms with Gasteiger partial charge in [0.05, 0.1) is 29.6 Å². The number of hydrogen-bond donors (Lipinski definition) is 1. The van der Waals surface area contributed by atoms with Gasteiger partial charge in [0.2, 0.25) is 6.17 Å². The Morgan fingerprint density at radius 2 is 1.95 bits per heavy atom. The van der Waals surface area contributed by atoms with E-state index in [2.05, 4.69) is 25.1 Å². The normalized spacial score (nSPS) is 15.6. The van der Waals surface area contributed by atoms with Crippen molar-refractivity contribution in [3.63, 3.8) is 0 Å². The first-order valence-electron chi connectivity index (χ1n) is 10.7. The fourth-order valence-corrected chi connectivity index (χ4v) is 3.70. The Labute approximate surface area is 214 Å². The molecule has 1 aromatic carbocycles. The van der Waals surface area contributed by atoms with Gasteiger partial charge >= 0.3 is 17.9 Å². The molecule has 16 heteroatoms. The molecule has 1 atom stereocenters.